The van der Waals surface area contributed by atoms with Crippen LogP contribution < -0.4 is 0 Å². The average Bonchev–Trinajstić information content (AvgIpc) is 4.00. The van der Waals surface area contributed by atoms with Crippen LogP contribution in [0.4, 0.5) is 0 Å². The Morgan fingerprint density at radius 3 is 1.61 bits per heavy atom. The van der Waals surface area contributed by atoms with Gasteiger partial charge in [0, 0.05) is 54.8 Å². The first kappa shape index (κ1) is 33.6. The Bertz CT molecular complexity index is 3880. The zero-order valence-electron chi connectivity index (χ0n) is 32.7. The molecule has 0 amide bonds. The number of benzene rings is 9. The standard InChI is InChI=1S/C55H33N5O/c1-2-15-38(16-3-1)59-47-22-9-6-17-40(47)43-31-32-44-41-18-7-10-23-48(41)60(51(44)50(43)59)39-29-27-35(28-30-39)53-56-54(37-26-25-34-13-4-5-14-36(34)33-37)58-55(57-53)46-21-12-20-45-42-19-8-11-24-49(42)61-52(45)46/h1-33H. The minimum absolute atomic E-state index is 0.556. The molecule has 0 aliphatic carbocycles. The Kier molecular flexibility index (Phi) is 7.21. The quantitative estimate of drug-likeness (QED) is 0.175. The van der Waals surface area contributed by atoms with Gasteiger partial charge in [-0.25, -0.2) is 15.0 Å². The van der Waals surface area contributed by atoms with Crippen LogP contribution in [0.5, 0.6) is 0 Å². The van der Waals surface area contributed by atoms with Crippen molar-refractivity contribution in [3.63, 3.8) is 0 Å². The average molecular weight is 780 g/mol. The highest BCUT2D eigenvalue weighted by Gasteiger charge is 2.22. The second kappa shape index (κ2) is 13.1. The van der Waals surface area contributed by atoms with Crippen LogP contribution in [0.2, 0.25) is 0 Å². The van der Waals surface area contributed by atoms with Crippen molar-refractivity contribution < 1.29 is 4.42 Å². The summed E-state index contributed by atoms with van der Waals surface area (Å²) < 4.78 is 11.3. The van der Waals surface area contributed by atoms with Crippen molar-refractivity contribution in [3.05, 3.63) is 200 Å². The summed E-state index contributed by atoms with van der Waals surface area (Å²) in [6.45, 7) is 0. The minimum atomic E-state index is 0.556. The molecular weight excluding hydrogens is 747 g/mol. The van der Waals surface area contributed by atoms with E-state index in [2.05, 4.69) is 179 Å². The van der Waals surface area contributed by atoms with Crippen LogP contribution >= 0.6 is 0 Å². The first-order valence-corrected chi connectivity index (χ1v) is 20.5. The normalized spacial score (nSPS) is 11.9. The maximum atomic E-state index is 6.50. The van der Waals surface area contributed by atoms with Gasteiger partial charge in [-0.3, -0.25) is 0 Å². The Hall–Kier alpha value is -8.35. The highest BCUT2D eigenvalue weighted by molar-refractivity contribution is 6.23. The van der Waals surface area contributed by atoms with E-state index in [-0.39, 0.29) is 0 Å². The summed E-state index contributed by atoms with van der Waals surface area (Å²) in [6.07, 6.45) is 0. The lowest BCUT2D eigenvalue weighted by Gasteiger charge is -2.13. The van der Waals surface area contributed by atoms with Gasteiger partial charge in [-0.15, -0.1) is 0 Å². The maximum Gasteiger partial charge on any atom is 0.167 e. The van der Waals surface area contributed by atoms with E-state index in [9.17, 15) is 0 Å². The van der Waals surface area contributed by atoms with Gasteiger partial charge in [-0.2, -0.15) is 0 Å². The van der Waals surface area contributed by atoms with Crippen molar-refractivity contribution in [3.8, 4) is 45.5 Å². The van der Waals surface area contributed by atoms with Gasteiger partial charge in [0.2, 0.25) is 0 Å². The van der Waals surface area contributed by atoms with Crippen molar-refractivity contribution in [1.29, 1.82) is 0 Å². The number of furan rings is 1. The van der Waals surface area contributed by atoms with Crippen molar-refractivity contribution in [2.75, 3.05) is 0 Å². The summed E-state index contributed by atoms with van der Waals surface area (Å²) in [5, 5.41) is 9.22. The van der Waals surface area contributed by atoms with Crippen molar-refractivity contribution in [2.24, 2.45) is 0 Å². The van der Waals surface area contributed by atoms with Crippen molar-refractivity contribution >= 4 is 76.3 Å². The van der Waals surface area contributed by atoms with Crippen LogP contribution in [0.1, 0.15) is 0 Å². The third kappa shape index (κ3) is 5.12. The Balaban J connectivity index is 1.03. The molecule has 61 heavy (non-hydrogen) atoms. The molecule has 0 aliphatic heterocycles. The van der Waals surface area contributed by atoms with E-state index >= 15 is 0 Å². The SMILES string of the molecule is c1ccc(-n2c3ccccc3c3ccc4c5ccccc5n(-c5ccc(-c6nc(-c7ccc8ccccc8c7)nc(-c7cccc8c7oc7ccccc78)n6)cc5)c4c32)cc1. The van der Waals surface area contributed by atoms with E-state index < -0.39 is 0 Å². The van der Waals surface area contributed by atoms with E-state index in [0.29, 0.717) is 17.5 Å². The van der Waals surface area contributed by atoms with E-state index in [1.165, 1.54) is 32.6 Å². The fraction of sp³-hybridized carbons (Fsp3) is 0. The molecule has 284 valence electrons. The van der Waals surface area contributed by atoms with E-state index in [0.717, 1.165) is 71.8 Å². The molecule has 4 heterocycles. The predicted molar refractivity (Wildman–Crippen MR) is 250 cm³/mol. The molecule has 13 aromatic rings. The van der Waals surface area contributed by atoms with Gasteiger partial charge in [0.25, 0.3) is 0 Å². The Labute approximate surface area is 349 Å². The number of rotatable bonds is 5. The summed E-state index contributed by atoms with van der Waals surface area (Å²) in [6, 6.07) is 70.4. The lowest BCUT2D eigenvalue weighted by atomic mass is 10.1. The van der Waals surface area contributed by atoms with Crippen LogP contribution in [-0.2, 0) is 0 Å². The predicted octanol–water partition coefficient (Wildman–Crippen LogP) is 14.1. The topological polar surface area (TPSA) is 61.7 Å². The maximum absolute atomic E-state index is 6.50. The molecule has 6 heteroatoms. The van der Waals surface area contributed by atoms with Crippen LogP contribution in [0.15, 0.2) is 205 Å². The van der Waals surface area contributed by atoms with Gasteiger partial charge >= 0.3 is 0 Å². The zero-order chi connectivity index (χ0) is 40.0. The van der Waals surface area contributed by atoms with Gasteiger partial charge < -0.3 is 13.6 Å². The van der Waals surface area contributed by atoms with Gasteiger partial charge in [0.05, 0.1) is 27.6 Å². The summed E-state index contributed by atoms with van der Waals surface area (Å²) in [5.41, 5.74) is 11.0. The summed E-state index contributed by atoms with van der Waals surface area (Å²) in [7, 11) is 0. The smallest absolute Gasteiger partial charge is 0.167 e. The first-order valence-electron chi connectivity index (χ1n) is 20.5. The number of fused-ring (bicyclic) bond motifs is 11. The molecule has 0 spiro atoms. The lowest BCUT2D eigenvalue weighted by Crippen LogP contribution is -2.01. The fourth-order valence-electron chi connectivity index (χ4n) is 9.38. The van der Waals surface area contributed by atoms with Gasteiger partial charge in [0.15, 0.2) is 17.5 Å². The largest absolute Gasteiger partial charge is 0.455 e. The molecular formula is C55H33N5O. The highest BCUT2D eigenvalue weighted by Crippen LogP contribution is 2.42. The third-order valence-electron chi connectivity index (χ3n) is 12.2. The number of aromatic nitrogens is 5. The molecule has 0 N–H and O–H groups in total. The lowest BCUT2D eigenvalue weighted by molar-refractivity contribution is 0.669. The molecule has 0 unspecified atom stereocenters. The summed E-state index contributed by atoms with van der Waals surface area (Å²) in [4.78, 5) is 15.5. The number of para-hydroxylation sites is 5. The third-order valence-corrected chi connectivity index (χ3v) is 12.2. The van der Waals surface area contributed by atoms with Crippen LogP contribution in [-0.4, -0.2) is 24.1 Å². The number of hydrogen-bond donors (Lipinski definition) is 0. The number of nitrogens with zero attached hydrogens (tertiary/aromatic N) is 5. The number of hydrogen-bond acceptors (Lipinski definition) is 4. The van der Waals surface area contributed by atoms with Crippen LogP contribution in [0.25, 0.3) is 122 Å². The molecule has 0 fully saturated rings. The molecule has 0 atom stereocenters. The molecule has 0 radical (unpaired) electrons. The second-order valence-corrected chi connectivity index (χ2v) is 15.6. The monoisotopic (exact) mass is 779 g/mol. The van der Waals surface area contributed by atoms with E-state index in [1.54, 1.807) is 0 Å². The second-order valence-electron chi connectivity index (χ2n) is 15.6. The molecule has 0 aliphatic rings. The van der Waals surface area contributed by atoms with Gasteiger partial charge in [-0.1, -0.05) is 133 Å². The summed E-state index contributed by atoms with van der Waals surface area (Å²) in [5.74, 6) is 1.74. The zero-order valence-corrected chi connectivity index (χ0v) is 32.7. The molecule has 13 rings (SSSR count). The molecule has 4 aromatic heterocycles. The fourth-order valence-corrected chi connectivity index (χ4v) is 9.38. The summed E-state index contributed by atoms with van der Waals surface area (Å²) >= 11 is 0. The molecule has 9 aromatic carbocycles. The van der Waals surface area contributed by atoms with Gasteiger partial charge in [0.1, 0.15) is 11.2 Å². The molecule has 0 saturated heterocycles. The molecule has 0 saturated carbocycles. The Morgan fingerprint density at radius 2 is 0.885 bits per heavy atom. The van der Waals surface area contributed by atoms with Crippen molar-refractivity contribution in [2.45, 2.75) is 0 Å². The van der Waals surface area contributed by atoms with Crippen molar-refractivity contribution in [1.82, 2.24) is 24.1 Å². The molecule has 0 bridgehead atoms. The minimum Gasteiger partial charge on any atom is -0.455 e. The highest BCUT2D eigenvalue weighted by atomic mass is 16.3. The van der Waals surface area contributed by atoms with Gasteiger partial charge in [-0.05, 0) is 77.5 Å². The van der Waals surface area contributed by atoms with Crippen LogP contribution in [0, 0.1) is 0 Å². The van der Waals surface area contributed by atoms with E-state index in [4.69, 9.17) is 19.4 Å². The van der Waals surface area contributed by atoms with Crippen LogP contribution in [0.3, 0.4) is 0 Å². The molecule has 6 nitrogen and oxygen atoms in total. The van der Waals surface area contributed by atoms with E-state index in [1.807, 2.05) is 30.3 Å². The Morgan fingerprint density at radius 1 is 0.344 bits per heavy atom. The first-order chi connectivity index (χ1) is 30.2.